The highest BCUT2D eigenvalue weighted by molar-refractivity contribution is 5.48. The van der Waals surface area contributed by atoms with E-state index in [-0.39, 0.29) is 10.8 Å². The Balaban J connectivity index is 2.32. The second-order valence-corrected chi connectivity index (χ2v) is 6.55. The van der Waals surface area contributed by atoms with E-state index in [1.807, 2.05) is 12.1 Å². The van der Waals surface area contributed by atoms with Crippen LogP contribution in [-0.2, 0) is 10.8 Å². The molecule has 4 rings (SSSR count). The minimum Gasteiger partial charge on any atom is -0.389 e. The summed E-state index contributed by atoms with van der Waals surface area (Å²) in [6, 6.07) is 8.35. The molecule has 0 spiro atoms. The highest BCUT2D eigenvalue weighted by Gasteiger charge is 2.61. The first-order valence-electron chi connectivity index (χ1n) is 6.90. The van der Waals surface area contributed by atoms with Crippen molar-refractivity contribution >= 4 is 0 Å². The molecule has 2 bridgehead atoms. The average Bonchev–Trinajstić information content (AvgIpc) is 2.36. The Bertz CT molecular complexity index is 482. The molecule has 1 fully saturated rings. The van der Waals surface area contributed by atoms with Crippen LogP contribution in [0.1, 0.15) is 44.7 Å². The lowest BCUT2D eigenvalue weighted by molar-refractivity contribution is -0.127. The second kappa shape index (κ2) is 3.58. The van der Waals surface area contributed by atoms with Crippen molar-refractivity contribution in [3.05, 3.63) is 35.4 Å². The van der Waals surface area contributed by atoms with E-state index in [0.29, 0.717) is 5.92 Å². The number of aliphatic hydroxyl groups is 2. The van der Waals surface area contributed by atoms with Crippen LogP contribution in [0.3, 0.4) is 0 Å². The number of rotatable bonds is 1. The summed E-state index contributed by atoms with van der Waals surface area (Å²) in [5.74, 6) is 0.327. The maximum absolute atomic E-state index is 10.7. The van der Waals surface area contributed by atoms with Crippen molar-refractivity contribution in [3.8, 4) is 0 Å². The summed E-state index contributed by atoms with van der Waals surface area (Å²) < 4.78 is 0. The summed E-state index contributed by atoms with van der Waals surface area (Å²) in [6.45, 7) is 6.39. The van der Waals surface area contributed by atoms with E-state index in [4.69, 9.17) is 0 Å². The average molecular weight is 246 g/mol. The molecule has 0 saturated heterocycles. The van der Waals surface area contributed by atoms with E-state index in [0.717, 1.165) is 12.8 Å². The van der Waals surface area contributed by atoms with Crippen molar-refractivity contribution in [3.63, 3.8) is 0 Å². The fourth-order valence-electron chi connectivity index (χ4n) is 4.31. The Hall–Kier alpha value is -0.860. The van der Waals surface area contributed by atoms with Gasteiger partial charge < -0.3 is 10.2 Å². The quantitative estimate of drug-likeness (QED) is 0.798. The van der Waals surface area contributed by atoms with E-state index in [9.17, 15) is 10.2 Å². The third kappa shape index (κ3) is 1.16. The second-order valence-electron chi connectivity index (χ2n) is 6.55. The molecule has 0 amide bonds. The molecule has 3 aliphatic rings. The van der Waals surface area contributed by atoms with Gasteiger partial charge in [-0.1, -0.05) is 45.0 Å². The molecule has 0 aromatic heterocycles. The standard InChI is InChI=1S/C16H22O2/c1-10(2)16-9-8-15(3,13(17)14(16)18)11-6-4-5-7-12(11)16/h4-7,10,13-14,17-18H,8-9H2,1-3H3/t13-,14+,15-,16-/m0/s1. The molecule has 4 atom stereocenters. The van der Waals surface area contributed by atoms with Crippen LogP contribution in [0.2, 0.25) is 0 Å². The van der Waals surface area contributed by atoms with Crippen LogP contribution in [0.5, 0.6) is 0 Å². The van der Waals surface area contributed by atoms with Crippen LogP contribution >= 0.6 is 0 Å². The zero-order valence-corrected chi connectivity index (χ0v) is 11.4. The number of fused-ring (bicyclic) bond motifs is 2. The lowest BCUT2D eigenvalue weighted by atomic mass is 9.46. The maximum Gasteiger partial charge on any atom is 0.0906 e. The molecule has 0 unspecified atom stereocenters. The Morgan fingerprint density at radius 3 is 2.28 bits per heavy atom. The van der Waals surface area contributed by atoms with Gasteiger partial charge in [-0.3, -0.25) is 0 Å². The number of aliphatic hydroxyl groups excluding tert-OH is 2. The predicted molar refractivity (Wildman–Crippen MR) is 71.6 cm³/mol. The van der Waals surface area contributed by atoms with Gasteiger partial charge in [-0.05, 0) is 29.9 Å². The minimum absolute atomic E-state index is 0.270. The number of hydrogen-bond acceptors (Lipinski definition) is 2. The third-order valence-corrected chi connectivity index (χ3v) is 5.61. The van der Waals surface area contributed by atoms with Crippen LogP contribution in [0.4, 0.5) is 0 Å². The minimum atomic E-state index is -0.649. The van der Waals surface area contributed by atoms with Crippen LogP contribution in [0.15, 0.2) is 24.3 Å². The molecule has 98 valence electrons. The van der Waals surface area contributed by atoms with Gasteiger partial charge in [0, 0.05) is 10.8 Å². The van der Waals surface area contributed by atoms with Crippen molar-refractivity contribution in [2.75, 3.05) is 0 Å². The fraction of sp³-hybridized carbons (Fsp3) is 0.625. The lowest BCUT2D eigenvalue weighted by Crippen LogP contribution is -2.65. The van der Waals surface area contributed by atoms with Gasteiger partial charge in [-0.15, -0.1) is 0 Å². The van der Waals surface area contributed by atoms with Gasteiger partial charge in [0.15, 0.2) is 0 Å². The van der Waals surface area contributed by atoms with Gasteiger partial charge in [-0.2, -0.15) is 0 Å². The lowest BCUT2D eigenvalue weighted by Gasteiger charge is -2.60. The molecule has 1 aromatic carbocycles. The number of benzene rings is 1. The van der Waals surface area contributed by atoms with E-state index in [2.05, 4.69) is 32.9 Å². The fourth-order valence-corrected chi connectivity index (χ4v) is 4.31. The Labute approximate surface area is 109 Å². The Kier molecular flexibility index (Phi) is 2.43. The highest BCUT2D eigenvalue weighted by atomic mass is 16.3. The zero-order chi connectivity index (χ0) is 13.1. The molecule has 0 heterocycles. The first-order chi connectivity index (χ1) is 8.44. The van der Waals surface area contributed by atoms with Crippen molar-refractivity contribution in [2.45, 2.75) is 56.7 Å². The van der Waals surface area contributed by atoms with Crippen molar-refractivity contribution in [1.82, 2.24) is 0 Å². The summed E-state index contributed by atoms with van der Waals surface area (Å²) in [6.07, 6.45) is 0.631. The SMILES string of the molecule is CC(C)[C@@]12CC[C@@](C)(c3ccccc31)[C@@H](O)[C@H]2O. The van der Waals surface area contributed by atoms with Crippen LogP contribution in [-0.4, -0.2) is 22.4 Å². The Morgan fingerprint density at radius 2 is 1.67 bits per heavy atom. The molecule has 2 N–H and O–H groups in total. The third-order valence-electron chi connectivity index (χ3n) is 5.61. The normalized spacial score (nSPS) is 42.1. The summed E-state index contributed by atoms with van der Waals surface area (Å²) in [7, 11) is 0. The van der Waals surface area contributed by atoms with Gasteiger partial charge in [0.05, 0.1) is 12.2 Å². The molecule has 3 aliphatic carbocycles. The first-order valence-corrected chi connectivity index (χ1v) is 6.90. The molecule has 0 radical (unpaired) electrons. The topological polar surface area (TPSA) is 40.5 Å². The van der Waals surface area contributed by atoms with E-state index < -0.39 is 12.2 Å². The highest BCUT2D eigenvalue weighted by Crippen LogP contribution is 2.58. The van der Waals surface area contributed by atoms with E-state index in [1.165, 1.54) is 11.1 Å². The van der Waals surface area contributed by atoms with Crippen LogP contribution in [0.25, 0.3) is 0 Å². The Morgan fingerprint density at radius 1 is 1.06 bits per heavy atom. The van der Waals surface area contributed by atoms with Crippen LogP contribution < -0.4 is 0 Å². The van der Waals surface area contributed by atoms with E-state index >= 15 is 0 Å². The van der Waals surface area contributed by atoms with E-state index in [1.54, 1.807) is 0 Å². The molecule has 2 nitrogen and oxygen atoms in total. The summed E-state index contributed by atoms with van der Waals surface area (Å²) in [5, 5.41) is 21.2. The van der Waals surface area contributed by atoms with Gasteiger partial charge in [0.1, 0.15) is 0 Å². The van der Waals surface area contributed by atoms with Gasteiger partial charge in [0.2, 0.25) is 0 Å². The summed E-state index contributed by atoms with van der Waals surface area (Å²) >= 11 is 0. The summed E-state index contributed by atoms with van der Waals surface area (Å²) in [5.41, 5.74) is 1.94. The molecular weight excluding hydrogens is 224 g/mol. The molecule has 2 heteroatoms. The van der Waals surface area contributed by atoms with Gasteiger partial charge >= 0.3 is 0 Å². The first kappa shape index (κ1) is 12.2. The smallest absolute Gasteiger partial charge is 0.0906 e. The van der Waals surface area contributed by atoms with Gasteiger partial charge in [-0.25, -0.2) is 0 Å². The van der Waals surface area contributed by atoms with Gasteiger partial charge in [0.25, 0.3) is 0 Å². The molecular formula is C16H22O2. The van der Waals surface area contributed by atoms with Crippen molar-refractivity contribution < 1.29 is 10.2 Å². The van der Waals surface area contributed by atoms with Crippen molar-refractivity contribution in [1.29, 1.82) is 0 Å². The molecule has 18 heavy (non-hydrogen) atoms. The predicted octanol–water partition coefficient (Wildman–Crippen LogP) is 2.37. The zero-order valence-electron chi connectivity index (χ0n) is 11.4. The monoisotopic (exact) mass is 246 g/mol. The maximum atomic E-state index is 10.7. The van der Waals surface area contributed by atoms with Crippen molar-refractivity contribution in [2.24, 2.45) is 5.92 Å². The molecule has 1 saturated carbocycles. The largest absolute Gasteiger partial charge is 0.389 e. The molecule has 1 aromatic rings. The summed E-state index contributed by atoms with van der Waals surface area (Å²) in [4.78, 5) is 0. The molecule has 0 aliphatic heterocycles. The number of hydrogen-bond donors (Lipinski definition) is 2. The van der Waals surface area contributed by atoms with Crippen LogP contribution in [0, 0.1) is 5.92 Å².